The van der Waals surface area contributed by atoms with Crippen molar-refractivity contribution >= 4 is 30.8 Å². The number of hydrogen-bond acceptors (Lipinski definition) is 5. The van der Waals surface area contributed by atoms with Gasteiger partial charge in [0.2, 0.25) is 5.91 Å². The van der Waals surface area contributed by atoms with E-state index in [9.17, 15) is 14.4 Å². The molecular weight excluding hydrogens is 228 g/mol. The quantitative estimate of drug-likeness (QED) is 0.420. The minimum atomic E-state index is -0.429. The lowest BCUT2D eigenvalue weighted by Crippen LogP contribution is -2.45. The van der Waals surface area contributed by atoms with Crippen molar-refractivity contribution in [2.45, 2.75) is 32.7 Å². The van der Waals surface area contributed by atoms with Gasteiger partial charge >= 0.3 is 0 Å². The first-order valence-corrected chi connectivity index (χ1v) is 5.60. The number of carbonyl (C=O) groups is 3. The molecule has 0 rings (SSSR count). The minimum absolute atomic E-state index is 0.0364. The summed E-state index contributed by atoms with van der Waals surface area (Å²) < 4.78 is 2.58. The molecule has 6 heteroatoms. The number of hydrogen-bond donors (Lipinski definition) is 3. The van der Waals surface area contributed by atoms with Crippen molar-refractivity contribution in [1.29, 1.82) is 0 Å². The third kappa shape index (κ3) is 5.87. The van der Waals surface area contributed by atoms with E-state index in [1.165, 1.54) is 0 Å². The molecular formula is C10H18N2O3S. The molecule has 0 saturated carbocycles. The number of Topliss-reactive ketones (excluding diaryl/α,β-unsaturated/α-hetero) is 1. The van der Waals surface area contributed by atoms with Gasteiger partial charge in [0.05, 0.1) is 12.6 Å². The van der Waals surface area contributed by atoms with E-state index in [-0.39, 0.29) is 37.0 Å². The van der Waals surface area contributed by atoms with Crippen molar-refractivity contribution < 1.29 is 14.4 Å². The Kier molecular flexibility index (Phi) is 7.84. The highest BCUT2D eigenvalue weighted by Crippen LogP contribution is 2.02. The van der Waals surface area contributed by atoms with Gasteiger partial charge in [-0.3, -0.25) is 14.3 Å². The second-order valence-electron chi connectivity index (χ2n) is 3.81. The fourth-order valence-corrected chi connectivity index (χ4v) is 1.53. The third-order valence-corrected chi connectivity index (χ3v) is 2.37. The molecule has 0 aromatic carbocycles. The third-order valence-electron chi connectivity index (χ3n) is 2.09. The van der Waals surface area contributed by atoms with Crippen LogP contribution in [0.15, 0.2) is 0 Å². The zero-order valence-electron chi connectivity index (χ0n) is 9.53. The van der Waals surface area contributed by atoms with E-state index in [2.05, 4.69) is 22.9 Å². The van der Waals surface area contributed by atoms with E-state index in [4.69, 9.17) is 0 Å². The summed E-state index contributed by atoms with van der Waals surface area (Å²) in [6.07, 6.45) is 1.06. The summed E-state index contributed by atoms with van der Waals surface area (Å²) in [6.45, 7) is 3.72. The summed E-state index contributed by atoms with van der Waals surface area (Å²) in [7, 11) is 0. The molecule has 5 nitrogen and oxygen atoms in total. The normalized spacial score (nSPS) is 12.2. The van der Waals surface area contributed by atoms with Crippen LogP contribution in [0, 0.1) is 5.92 Å². The smallest absolute Gasteiger partial charge is 0.238 e. The van der Waals surface area contributed by atoms with Crippen molar-refractivity contribution in [2.24, 2.45) is 5.92 Å². The first kappa shape index (κ1) is 15.1. The van der Waals surface area contributed by atoms with Gasteiger partial charge < -0.3 is 10.1 Å². The van der Waals surface area contributed by atoms with Crippen LogP contribution in [0.2, 0.25) is 0 Å². The van der Waals surface area contributed by atoms with Crippen LogP contribution in [0.5, 0.6) is 0 Å². The van der Waals surface area contributed by atoms with Crippen LogP contribution >= 0.6 is 12.8 Å². The largest absolute Gasteiger partial charge is 0.348 e. The van der Waals surface area contributed by atoms with E-state index in [1.807, 2.05) is 13.8 Å². The lowest BCUT2D eigenvalue weighted by molar-refractivity contribution is -0.127. The number of nitrogens with one attached hydrogen (secondary N) is 2. The molecule has 0 aliphatic heterocycles. The molecule has 2 N–H and O–H groups in total. The van der Waals surface area contributed by atoms with Crippen molar-refractivity contribution in [3.05, 3.63) is 0 Å². The number of ketones is 1. The molecule has 0 aliphatic carbocycles. The lowest BCUT2D eigenvalue weighted by Gasteiger charge is -2.18. The first-order chi connectivity index (χ1) is 7.52. The standard InChI is InChI=1S/C10H18N2O3S/c1-7(2)9(12-16)10(15)11-6-8(14)4-3-5-13/h5,7,9,12,16H,3-4,6H2,1-2H3,(H,11,15). The Labute approximate surface area is 101 Å². The number of amides is 1. The van der Waals surface area contributed by atoms with E-state index < -0.39 is 6.04 Å². The van der Waals surface area contributed by atoms with Crippen LogP contribution in [-0.4, -0.2) is 30.6 Å². The van der Waals surface area contributed by atoms with Gasteiger partial charge in [-0.15, -0.1) is 0 Å². The number of aldehydes is 1. The summed E-state index contributed by atoms with van der Waals surface area (Å²) in [4.78, 5) is 32.8. The van der Waals surface area contributed by atoms with Gasteiger partial charge in [-0.05, 0) is 5.92 Å². The van der Waals surface area contributed by atoms with Gasteiger partial charge in [-0.2, -0.15) is 0 Å². The van der Waals surface area contributed by atoms with Gasteiger partial charge in [0.25, 0.3) is 0 Å². The van der Waals surface area contributed by atoms with Gasteiger partial charge in [-0.25, -0.2) is 0 Å². The maximum Gasteiger partial charge on any atom is 0.238 e. The molecule has 0 saturated heterocycles. The van der Waals surface area contributed by atoms with E-state index >= 15 is 0 Å². The monoisotopic (exact) mass is 246 g/mol. The molecule has 0 fully saturated rings. The highest BCUT2D eigenvalue weighted by Gasteiger charge is 2.20. The number of rotatable bonds is 8. The summed E-state index contributed by atoms with van der Waals surface area (Å²) in [5.41, 5.74) is 0. The molecule has 16 heavy (non-hydrogen) atoms. The average Bonchev–Trinajstić information content (AvgIpc) is 2.23. The molecule has 0 aromatic heterocycles. The molecule has 0 heterocycles. The van der Waals surface area contributed by atoms with Gasteiger partial charge in [0.1, 0.15) is 6.29 Å². The molecule has 0 bridgehead atoms. The molecule has 0 spiro atoms. The second-order valence-corrected chi connectivity index (χ2v) is 4.07. The van der Waals surface area contributed by atoms with Crippen LogP contribution < -0.4 is 10.0 Å². The number of thiol groups is 1. The van der Waals surface area contributed by atoms with Gasteiger partial charge in [-0.1, -0.05) is 26.7 Å². The van der Waals surface area contributed by atoms with Crippen LogP contribution in [0.3, 0.4) is 0 Å². The Morgan fingerprint density at radius 2 is 2.00 bits per heavy atom. The maximum absolute atomic E-state index is 11.5. The predicted octanol–water partition coefficient (Wildman–Crippen LogP) is 0.110. The van der Waals surface area contributed by atoms with E-state index in [0.717, 1.165) is 0 Å². The van der Waals surface area contributed by atoms with E-state index in [0.29, 0.717) is 6.29 Å². The first-order valence-electron chi connectivity index (χ1n) is 5.15. The zero-order chi connectivity index (χ0) is 12.6. The Balaban J connectivity index is 3.95. The predicted molar refractivity (Wildman–Crippen MR) is 64.1 cm³/mol. The van der Waals surface area contributed by atoms with Crippen LogP contribution in [0.25, 0.3) is 0 Å². The van der Waals surface area contributed by atoms with Crippen molar-refractivity contribution in [3.8, 4) is 0 Å². The maximum atomic E-state index is 11.5. The molecule has 1 unspecified atom stereocenters. The van der Waals surface area contributed by atoms with Gasteiger partial charge in [0, 0.05) is 12.8 Å². The van der Waals surface area contributed by atoms with E-state index in [1.54, 1.807) is 0 Å². The summed E-state index contributed by atoms with van der Waals surface area (Å²) in [5.74, 6) is -0.325. The lowest BCUT2D eigenvalue weighted by atomic mass is 10.0. The number of carbonyl (C=O) groups excluding carboxylic acids is 3. The van der Waals surface area contributed by atoms with Crippen LogP contribution in [0.4, 0.5) is 0 Å². The fraction of sp³-hybridized carbons (Fsp3) is 0.700. The zero-order valence-corrected chi connectivity index (χ0v) is 10.4. The van der Waals surface area contributed by atoms with Crippen LogP contribution in [0.1, 0.15) is 26.7 Å². The molecule has 1 amide bonds. The Hall–Kier alpha value is -0.880. The second kappa shape index (κ2) is 8.29. The van der Waals surface area contributed by atoms with Gasteiger partial charge in [0.15, 0.2) is 5.78 Å². The van der Waals surface area contributed by atoms with Crippen LogP contribution in [-0.2, 0) is 14.4 Å². The Bertz CT molecular complexity index is 256. The average molecular weight is 246 g/mol. The summed E-state index contributed by atoms with van der Waals surface area (Å²) >= 11 is 3.85. The molecule has 0 radical (unpaired) electrons. The molecule has 0 aliphatic rings. The highest BCUT2D eigenvalue weighted by molar-refractivity contribution is 7.78. The highest BCUT2D eigenvalue weighted by atomic mass is 32.1. The fourth-order valence-electron chi connectivity index (χ4n) is 1.11. The Morgan fingerprint density at radius 3 is 2.44 bits per heavy atom. The topological polar surface area (TPSA) is 75.3 Å². The van der Waals surface area contributed by atoms with Crippen molar-refractivity contribution in [2.75, 3.05) is 6.54 Å². The SMILES string of the molecule is CC(C)C(NS)C(=O)NCC(=O)CCC=O. The minimum Gasteiger partial charge on any atom is -0.348 e. The summed E-state index contributed by atoms with van der Waals surface area (Å²) in [5, 5.41) is 2.51. The molecule has 0 aromatic rings. The van der Waals surface area contributed by atoms with Crippen molar-refractivity contribution in [3.63, 3.8) is 0 Å². The summed E-state index contributed by atoms with van der Waals surface area (Å²) in [6, 6.07) is -0.429. The Morgan fingerprint density at radius 1 is 1.38 bits per heavy atom. The van der Waals surface area contributed by atoms with Crippen molar-refractivity contribution in [1.82, 2.24) is 10.0 Å². The molecule has 1 atom stereocenters. The molecule has 92 valence electrons.